The molecule has 0 unspecified atom stereocenters. The minimum atomic E-state index is 1.17. The van der Waals surface area contributed by atoms with Crippen molar-refractivity contribution in [1.82, 2.24) is 4.23 Å². The van der Waals surface area contributed by atoms with E-state index in [9.17, 15) is 0 Å². The van der Waals surface area contributed by atoms with Gasteiger partial charge in [0.1, 0.15) is 18.4 Å². The van der Waals surface area contributed by atoms with E-state index in [4.69, 9.17) is 0 Å². The molecule has 3 heteroatoms. The van der Waals surface area contributed by atoms with E-state index in [-0.39, 0.29) is 0 Å². The van der Waals surface area contributed by atoms with Gasteiger partial charge >= 0.3 is 0 Å². The largest absolute Gasteiger partial charge is 0.355 e. The first kappa shape index (κ1) is 2.62. The summed E-state index contributed by atoms with van der Waals surface area (Å²) >= 11 is 0. The Bertz CT molecular complexity index is 25.2. The number of nitrogens with zero attached hydrogens (tertiary/aromatic N) is 1. The topological polar surface area (TPSA) is 3.01 Å². The molecule has 20 valence electrons. The summed E-state index contributed by atoms with van der Waals surface area (Å²) in [5.74, 6) is 0. The van der Waals surface area contributed by atoms with Crippen molar-refractivity contribution in [3.63, 3.8) is 0 Å². The molecular formula is CH3NSi2. The summed E-state index contributed by atoms with van der Waals surface area (Å²) in [4.78, 5) is 0. The maximum atomic E-state index is 2.31. The van der Waals surface area contributed by atoms with Gasteiger partial charge in [0.25, 0.3) is 0 Å². The van der Waals surface area contributed by atoms with Crippen LogP contribution in [0.15, 0.2) is 0 Å². The Morgan fingerprint density at radius 3 is 1.75 bits per heavy atom. The van der Waals surface area contributed by atoms with Crippen molar-refractivity contribution in [2.45, 2.75) is 0 Å². The van der Waals surface area contributed by atoms with Crippen LogP contribution in [0.2, 0.25) is 0 Å². The minimum absolute atomic E-state index is 1.17. The lowest BCUT2D eigenvalue weighted by atomic mass is 11.6. The molecule has 1 rings (SSSR count). The Morgan fingerprint density at radius 2 is 1.75 bits per heavy atom. The van der Waals surface area contributed by atoms with E-state index in [1.807, 2.05) is 0 Å². The van der Waals surface area contributed by atoms with E-state index in [0.29, 0.717) is 0 Å². The summed E-state index contributed by atoms with van der Waals surface area (Å²) in [6.45, 7) is 0. The molecule has 0 bridgehead atoms. The van der Waals surface area contributed by atoms with Crippen molar-refractivity contribution in [3.05, 3.63) is 0 Å². The number of rotatable bonds is 0. The zero-order valence-corrected chi connectivity index (χ0v) is 4.45. The summed E-state index contributed by atoms with van der Waals surface area (Å²) in [6.07, 6.45) is 0. The first-order valence-corrected chi connectivity index (χ1v) is 4.04. The third-order valence-electron chi connectivity index (χ3n) is 0.335. The predicted molar refractivity (Wildman–Crippen MR) is 19.3 cm³/mol. The second kappa shape index (κ2) is 0.668. The summed E-state index contributed by atoms with van der Waals surface area (Å²) in [5.41, 5.74) is 0. The average Bonchev–Trinajstić information content (AvgIpc) is 1.75. The molecule has 1 aliphatic rings. The summed E-state index contributed by atoms with van der Waals surface area (Å²) < 4.78 is 2.31. The van der Waals surface area contributed by atoms with Crippen LogP contribution in [0.4, 0.5) is 0 Å². The molecule has 1 heterocycles. The van der Waals surface area contributed by atoms with E-state index in [2.05, 4.69) is 11.3 Å². The van der Waals surface area contributed by atoms with Gasteiger partial charge in [-0.05, 0) is 7.05 Å². The van der Waals surface area contributed by atoms with Crippen molar-refractivity contribution in [3.8, 4) is 0 Å². The molecule has 0 aromatic heterocycles. The highest BCUT2D eigenvalue weighted by molar-refractivity contribution is 7.15. The van der Waals surface area contributed by atoms with Gasteiger partial charge in [0.2, 0.25) is 0 Å². The van der Waals surface area contributed by atoms with Gasteiger partial charge in [-0.25, -0.2) is 0 Å². The number of hydrogen-bond donors (Lipinski definition) is 0. The molecule has 0 spiro atoms. The van der Waals surface area contributed by atoms with E-state index in [0.717, 1.165) is 0 Å². The number of hydrogen-bond acceptors (Lipinski definition) is 1. The molecule has 0 atom stereocenters. The normalized spacial score (nSPS) is 26.2. The third kappa shape index (κ3) is 0.404. The first-order valence-electron chi connectivity index (χ1n) is 1.14. The van der Waals surface area contributed by atoms with Gasteiger partial charge in [0, 0.05) is 0 Å². The molecule has 0 saturated carbocycles. The third-order valence-corrected chi connectivity index (χ3v) is 3.02. The monoisotopic (exact) mass is 85.0 g/mol. The van der Waals surface area contributed by atoms with Gasteiger partial charge in [-0.2, -0.15) is 0 Å². The van der Waals surface area contributed by atoms with Gasteiger partial charge in [-0.15, -0.1) is 0 Å². The van der Waals surface area contributed by atoms with Crippen LogP contribution in [-0.4, -0.2) is 29.7 Å². The van der Waals surface area contributed by atoms with Gasteiger partial charge in [-0.1, -0.05) is 0 Å². The SMILES string of the molecule is CN1[Si][Si]1. The maximum Gasteiger partial charge on any atom is 0.134 e. The standard InChI is InChI=1S/CH3NSi2/c1-2-3-4-2/h1H3. The lowest BCUT2D eigenvalue weighted by molar-refractivity contribution is 0.943. The average molecular weight is 85.2 g/mol. The van der Waals surface area contributed by atoms with Crippen LogP contribution in [0.5, 0.6) is 0 Å². The van der Waals surface area contributed by atoms with Crippen LogP contribution in [-0.2, 0) is 0 Å². The molecule has 0 aliphatic carbocycles. The molecular weight excluding hydrogens is 82.2 g/mol. The molecule has 1 fully saturated rings. The van der Waals surface area contributed by atoms with Crippen molar-refractivity contribution in [2.75, 3.05) is 7.05 Å². The van der Waals surface area contributed by atoms with Crippen molar-refractivity contribution >= 4 is 18.4 Å². The smallest absolute Gasteiger partial charge is 0.134 e. The van der Waals surface area contributed by atoms with Crippen LogP contribution >= 0.6 is 0 Å². The lowest BCUT2D eigenvalue weighted by Gasteiger charge is -1.67. The summed E-state index contributed by atoms with van der Waals surface area (Å²) in [6, 6.07) is 0. The van der Waals surface area contributed by atoms with E-state index < -0.39 is 0 Å². The molecule has 0 aromatic carbocycles. The zero-order valence-electron chi connectivity index (χ0n) is 2.45. The zero-order chi connectivity index (χ0) is 2.99. The molecule has 4 radical (unpaired) electrons. The van der Waals surface area contributed by atoms with Crippen molar-refractivity contribution < 1.29 is 0 Å². The Balaban J connectivity index is 2.17. The Hall–Kier alpha value is 0.394. The minimum Gasteiger partial charge on any atom is -0.355 e. The van der Waals surface area contributed by atoms with Crippen LogP contribution in [0.1, 0.15) is 0 Å². The van der Waals surface area contributed by atoms with Gasteiger partial charge in [0.05, 0.1) is 0 Å². The summed E-state index contributed by atoms with van der Waals surface area (Å²) in [5, 5.41) is 0. The van der Waals surface area contributed by atoms with Crippen molar-refractivity contribution in [2.24, 2.45) is 0 Å². The Labute approximate surface area is 30.6 Å². The molecule has 1 aliphatic heterocycles. The van der Waals surface area contributed by atoms with E-state index in [1.165, 1.54) is 18.4 Å². The molecule has 4 heavy (non-hydrogen) atoms. The van der Waals surface area contributed by atoms with Crippen LogP contribution in [0.25, 0.3) is 0 Å². The second-order valence-electron chi connectivity index (χ2n) is 0.783. The molecule has 0 amide bonds. The van der Waals surface area contributed by atoms with Crippen LogP contribution in [0, 0.1) is 0 Å². The molecule has 1 saturated heterocycles. The van der Waals surface area contributed by atoms with Gasteiger partial charge in [-0.3, -0.25) is 0 Å². The highest BCUT2D eigenvalue weighted by Crippen LogP contribution is 1.83. The fourth-order valence-electron chi connectivity index (χ4n) is 0.0500. The quantitative estimate of drug-likeness (QED) is 0.272. The predicted octanol–water partition coefficient (Wildman–Crippen LogP) is -0.915. The highest BCUT2D eigenvalue weighted by atomic mass is 29.2. The first-order chi connectivity index (χ1) is 1.89. The Morgan fingerprint density at radius 1 is 1.50 bits per heavy atom. The Kier molecular flexibility index (Phi) is 0.438. The van der Waals surface area contributed by atoms with E-state index in [1.54, 1.807) is 0 Å². The van der Waals surface area contributed by atoms with Crippen LogP contribution < -0.4 is 0 Å². The van der Waals surface area contributed by atoms with Gasteiger partial charge in [0.15, 0.2) is 0 Å². The highest BCUT2D eigenvalue weighted by Gasteiger charge is 2.13. The maximum absolute atomic E-state index is 2.31. The molecule has 0 aromatic rings. The second-order valence-corrected chi connectivity index (χ2v) is 4.36. The van der Waals surface area contributed by atoms with Crippen LogP contribution in [0.3, 0.4) is 0 Å². The lowest BCUT2D eigenvalue weighted by Crippen LogP contribution is -1.78. The fraction of sp³-hybridized carbons (Fsp3) is 1.00. The molecule has 1 nitrogen and oxygen atoms in total. The van der Waals surface area contributed by atoms with E-state index >= 15 is 0 Å². The molecule has 0 N–H and O–H groups in total. The van der Waals surface area contributed by atoms with Crippen molar-refractivity contribution in [1.29, 1.82) is 0 Å². The fourth-order valence-corrected chi connectivity index (χ4v) is 0.450. The summed E-state index contributed by atoms with van der Waals surface area (Å²) in [7, 11) is 4.47. The van der Waals surface area contributed by atoms with Gasteiger partial charge < -0.3 is 4.23 Å².